The highest BCUT2D eigenvalue weighted by Crippen LogP contribution is 2.26. The zero-order chi connectivity index (χ0) is 18.5. The molecular weight excluding hydrogens is 479 g/mol. The number of aliphatic imine (C=N–C) groups is 1. The minimum atomic E-state index is 0. The predicted octanol–water partition coefficient (Wildman–Crippen LogP) is 4.59. The van der Waals surface area contributed by atoms with Crippen LogP contribution in [0.25, 0.3) is 10.1 Å². The summed E-state index contributed by atoms with van der Waals surface area (Å²) < 4.78 is 1.31. The topological polar surface area (TPSA) is 53.6 Å². The Hall–Kier alpha value is -1.64. The van der Waals surface area contributed by atoms with Crippen molar-refractivity contribution in [2.75, 3.05) is 13.1 Å². The number of fused-ring (bicyclic) bond motifs is 1. The number of nitrogens with two attached hydrogens (primary N) is 1. The van der Waals surface area contributed by atoms with Gasteiger partial charge in [0.1, 0.15) is 0 Å². The zero-order valence-corrected chi connectivity index (χ0v) is 19.0. The SMILES string of the molecule is I.NC(=NCc1csc2ccccc12)NC1CCN(Cc2ccccc2)CC1. The number of hydrogen-bond donors (Lipinski definition) is 2. The van der Waals surface area contributed by atoms with E-state index in [0.717, 1.165) is 32.5 Å². The molecule has 1 aromatic heterocycles. The molecule has 4 rings (SSSR count). The van der Waals surface area contributed by atoms with Crippen LogP contribution in [-0.2, 0) is 13.1 Å². The molecule has 3 N–H and O–H groups in total. The van der Waals surface area contributed by atoms with E-state index in [1.807, 2.05) is 0 Å². The molecule has 6 heteroatoms. The van der Waals surface area contributed by atoms with Gasteiger partial charge in [0.15, 0.2) is 5.96 Å². The first-order valence-corrected chi connectivity index (χ1v) is 10.4. The summed E-state index contributed by atoms with van der Waals surface area (Å²) in [6.07, 6.45) is 2.20. The Morgan fingerprint density at radius 1 is 1.07 bits per heavy atom. The number of nitrogens with zero attached hydrogens (tertiary/aromatic N) is 2. The predicted molar refractivity (Wildman–Crippen MR) is 130 cm³/mol. The van der Waals surface area contributed by atoms with Gasteiger partial charge in [-0.05, 0) is 40.8 Å². The van der Waals surface area contributed by atoms with E-state index in [9.17, 15) is 0 Å². The summed E-state index contributed by atoms with van der Waals surface area (Å²) in [6, 6.07) is 19.6. The minimum absolute atomic E-state index is 0. The van der Waals surface area contributed by atoms with E-state index in [1.165, 1.54) is 21.2 Å². The number of halogens is 1. The Labute approximate surface area is 187 Å². The van der Waals surface area contributed by atoms with Crippen LogP contribution >= 0.6 is 35.3 Å². The molecule has 148 valence electrons. The lowest BCUT2D eigenvalue weighted by Gasteiger charge is -2.32. The van der Waals surface area contributed by atoms with Gasteiger partial charge >= 0.3 is 0 Å². The van der Waals surface area contributed by atoms with Gasteiger partial charge in [-0.3, -0.25) is 4.90 Å². The standard InChI is InChI=1S/C22H26N4S.HI/c23-22(24-14-18-16-27-21-9-5-4-8-20(18)21)25-19-10-12-26(13-11-19)15-17-6-2-1-3-7-17;/h1-9,16,19H,10-15H2,(H3,23,24,25);1H. The average Bonchev–Trinajstić information content (AvgIpc) is 3.12. The number of nitrogens with one attached hydrogen (secondary N) is 1. The van der Waals surface area contributed by atoms with Crippen molar-refractivity contribution in [1.29, 1.82) is 0 Å². The zero-order valence-electron chi connectivity index (χ0n) is 15.9. The fraction of sp³-hybridized carbons (Fsp3) is 0.318. The molecule has 2 heterocycles. The largest absolute Gasteiger partial charge is 0.370 e. The molecule has 0 aliphatic carbocycles. The summed E-state index contributed by atoms with van der Waals surface area (Å²) in [5.41, 5.74) is 8.78. The van der Waals surface area contributed by atoms with Gasteiger partial charge in [-0.2, -0.15) is 0 Å². The molecule has 1 aliphatic rings. The first-order chi connectivity index (χ1) is 13.3. The molecule has 1 aliphatic heterocycles. The average molecular weight is 506 g/mol. The summed E-state index contributed by atoms with van der Waals surface area (Å²) in [7, 11) is 0. The van der Waals surface area contributed by atoms with E-state index in [2.05, 4.69) is 75.2 Å². The van der Waals surface area contributed by atoms with Crippen LogP contribution in [0.5, 0.6) is 0 Å². The van der Waals surface area contributed by atoms with E-state index < -0.39 is 0 Å². The van der Waals surface area contributed by atoms with Crippen molar-refractivity contribution in [2.24, 2.45) is 10.7 Å². The number of rotatable bonds is 5. The van der Waals surface area contributed by atoms with Crippen LogP contribution in [-0.4, -0.2) is 30.0 Å². The number of benzene rings is 2. The van der Waals surface area contributed by atoms with E-state index >= 15 is 0 Å². The van der Waals surface area contributed by atoms with Crippen LogP contribution in [0.3, 0.4) is 0 Å². The highest BCUT2D eigenvalue weighted by molar-refractivity contribution is 14.0. The van der Waals surface area contributed by atoms with Crippen molar-refractivity contribution >= 4 is 51.4 Å². The Kier molecular flexibility index (Phi) is 7.70. The van der Waals surface area contributed by atoms with E-state index in [-0.39, 0.29) is 24.0 Å². The molecule has 0 amide bonds. The second-order valence-electron chi connectivity index (χ2n) is 7.14. The second kappa shape index (κ2) is 10.2. The van der Waals surface area contributed by atoms with Crippen molar-refractivity contribution < 1.29 is 0 Å². The molecule has 1 saturated heterocycles. The van der Waals surface area contributed by atoms with Crippen LogP contribution < -0.4 is 11.1 Å². The van der Waals surface area contributed by atoms with Crippen molar-refractivity contribution in [1.82, 2.24) is 10.2 Å². The molecule has 0 saturated carbocycles. The number of piperidine rings is 1. The Bertz CT molecular complexity index is 901. The van der Waals surface area contributed by atoms with Gasteiger partial charge in [-0.15, -0.1) is 35.3 Å². The quantitative estimate of drug-likeness (QED) is 0.303. The third-order valence-electron chi connectivity index (χ3n) is 5.17. The number of likely N-dealkylation sites (tertiary alicyclic amines) is 1. The van der Waals surface area contributed by atoms with Gasteiger partial charge in [0.2, 0.25) is 0 Å². The highest BCUT2D eigenvalue weighted by Gasteiger charge is 2.19. The molecule has 0 bridgehead atoms. The van der Waals surface area contributed by atoms with Crippen LogP contribution in [0, 0.1) is 0 Å². The lowest BCUT2D eigenvalue weighted by Crippen LogP contribution is -2.46. The van der Waals surface area contributed by atoms with E-state index in [0.29, 0.717) is 18.5 Å². The summed E-state index contributed by atoms with van der Waals surface area (Å²) in [4.78, 5) is 7.09. The third kappa shape index (κ3) is 5.46. The van der Waals surface area contributed by atoms with Crippen LogP contribution in [0.2, 0.25) is 0 Å². The summed E-state index contributed by atoms with van der Waals surface area (Å²) in [5.74, 6) is 0.562. The van der Waals surface area contributed by atoms with Gasteiger partial charge in [0, 0.05) is 30.4 Å². The Morgan fingerprint density at radius 3 is 2.57 bits per heavy atom. The van der Waals surface area contributed by atoms with Gasteiger partial charge in [-0.25, -0.2) is 4.99 Å². The lowest BCUT2D eigenvalue weighted by molar-refractivity contribution is 0.199. The molecule has 4 nitrogen and oxygen atoms in total. The Balaban J connectivity index is 0.00000225. The minimum Gasteiger partial charge on any atom is -0.370 e. The first kappa shape index (κ1) is 21.1. The molecule has 28 heavy (non-hydrogen) atoms. The highest BCUT2D eigenvalue weighted by atomic mass is 127. The van der Waals surface area contributed by atoms with E-state index in [4.69, 9.17) is 5.73 Å². The Morgan fingerprint density at radius 2 is 1.79 bits per heavy atom. The van der Waals surface area contributed by atoms with Crippen molar-refractivity contribution in [3.63, 3.8) is 0 Å². The normalized spacial score (nSPS) is 16.1. The lowest BCUT2D eigenvalue weighted by atomic mass is 10.0. The molecule has 2 aromatic carbocycles. The fourth-order valence-electron chi connectivity index (χ4n) is 3.66. The fourth-order valence-corrected chi connectivity index (χ4v) is 4.61. The van der Waals surface area contributed by atoms with Crippen molar-refractivity contribution in [2.45, 2.75) is 32.0 Å². The maximum absolute atomic E-state index is 6.15. The van der Waals surface area contributed by atoms with Gasteiger partial charge in [0.25, 0.3) is 0 Å². The molecule has 0 spiro atoms. The maximum Gasteiger partial charge on any atom is 0.189 e. The number of guanidine groups is 1. The van der Waals surface area contributed by atoms with Crippen LogP contribution in [0.15, 0.2) is 65.0 Å². The van der Waals surface area contributed by atoms with Crippen LogP contribution in [0.4, 0.5) is 0 Å². The van der Waals surface area contributed by atoms with Gasteiger partial charge in [-0.1, -0.05) is 48.5 Å². The smallest absolute Gasteiger partial charge is 0.189 e. The maximum atomic E-state index is 6.15. The molecule has 0 radical (unpaired) electrons. The molecule has 1 fully saturated rings. The third-order valence-corrected chi connectivity index (χ3v) is 6.18. The van der Waals surface area contributed by atoms with Gasteiger partial charge in [0.05, 0.1) is 6.54 Å². The summed E-state index contributed by atoms with van der Waals surface area (Å²) >= 11 is 1.77. The number of thiophene rings is 1. The van der Waals surface area contributed by atoms with Crippen molar-refractivity contribution in [3.8, 4) is 0 Å². The van der Waals surface area contributed by atoms with Crippen molar-refractivity contribution in [3.05, 3.63) is 71.1 Å². The molecule has 0 unspecified atom stereocenters. The van der Waals surface area contributed by atoms with E-state index in [1.54, 1.807) is 11.3 Å². The van der Waals surface area contributed by atoms with Gasteiger partial charge < -0.3 is 11.1 Å². The first-order valence-electron chi connectivity index (χ1n) is 9.56. The number of hydrogen-bond acceptors (Lipinski definition) is 3. The summed E-state index contributed by atoms with van der Waals surface area (Å²) in [5, 5.41) is 6.89. The molecule has 3 aromatic rings. The summed E-state index contributed by atoms with van der Waals surface area (Å²) in [6.45, 7) is 3.85. The molecule has 0 atom stereocenters. The molecular formula is C22H27IN4S. The monoisotopic (exact) mass is 506 g/mol. The second-order valence-corrected chi connectivity index (χ2v) is 8.05. The van der Waals surface area contributed by atoms with Crippen LogP contribution in [0.1, 0.15) is 24.0 Å².